The molecule has 3 rings (SSSR count). The van der Waals surface area contributed by atoms with E-state index in [9.17, 15) is 4.39 Å². The normalized spacial score (nSPS) is 11.2. The van der Waals surface area contributed by atoms with Crippen LogP contribution in [0.15, 0.2) is 28.9 Å². The summed E-state index contributed by atoms with van der Waals surface area (Å²) in [7, 11) is 0. The predicted octanol–water partition coefficient (Wildman–Crippen LogP) is 2.85. The van der Waals surface area contributed by atoms with Gasteiger partial charge in [0.1, 0.15) is 5.82 Å². The lowest BCUT2D eigenvalue weighted by Gasteiger charge is -1.95. The summed E-state index contributed by atoms with van der Waals surface area (Å²) in [4.78, 5) is 3.08. The Bertz CT molecular complexity index is 660. The van der Waals surface area contributed by atoms with Crippen molar-refractivity contribution in [2.45, 2.75) is 6.92 Å². The van der Waals surface area contributed by atoms with E-state index in [1.165, 1.54) is 6.07 Å². The van der Waals surface area contributed by atoms with Gasteiger partial charge >= 0.3 is 0 Å². The number of nitrogens with zero attached hydrogens (tertiary/aromatic N) is 1. The Morgan fingerprint density at radius 1 is 1.35 bits per heavy atom. The minimum absolute atomic E-state index is 0.136. The van der Waals surface area contributed by atoms with Gasteiger partial charge in [0.2, 0.25) is 0 Å². The number of aromatic amines is 1. The summed E-state index contributed by atoms with van der Waals surface area (Å²) in [6, 6.07) is 4.83. The van der Waals surface area contributed by atoms with Crippen LogP contribution in [-0.4, -0.2) is 10.1 Å². The third kappa shape index (κ3) is 1.47. The largest absolute Gasteiger partial charge is 0.396 e. The van der Waals surface area contributed by atoms with Crippen LogP contribution in [0, 0.1) is 12.7 Å². The summed E-state index contributed by atoms with van der Waals surface area (Å²) in [6.45, 7) is 1.90. The first-order valence-corrected chi connectivity index (χ1v) is 5.14. The molecule has 0 aliphatic carbocycles. The van der Waals surface area contributed by atoms with Gasteiger partial charge in [-0.05, 0) is 19.1 Å². The number of nitrogens with two attached hydrogens (primary N) is 1. The quantitative estimate of drug-likeness (QED) is 0.633. The van der Waals surface area contributed by atoms with Crippen molar-refractivity contribution in [3.8, 4) is 11.5 Å². The highest BCUT2D eigenvalue weighted by molar-refractivity contribution is 5.87. The number of rotatable bonds is 1. The first kappa shape index (κ1) is 9.89. The molecule has 0 unspecified atom stereocenters. The summed E-state index contributed by atoms with van der Waals surface area (Å²) >= 11 is 0. The highest BCUT2D eigenvalue weighted by Crippen LogP contribution is 2.28. The molecule has 0 fully saturated rings. The van der Waals surface area contributed by atoms with E-state index in [1.54, 1.807) is 12.3 Å². The maximum absolute atomic E-state index is 13.3. The van der Waals surface area contributed by atoms with Crippen molar-refractivity contribution in [2.24, 2.45) is 0 Å². The van der Waals surface area contributed by atoms with Gasteiger partial charge in [-0.2, -0.15) is 0 Å². The zero-order chi connectivity index (χ0) is 12.0. The molecular formula is C12H10FN3O. The summed E-state index contributed by atoms with van der Waals surface area (Å²) in [5, 5.41) is 4.55. The van der Waals surface area contributed by atoms with Crippen LogP contribution in [0.4, 0.5) is 10.1 Å². The molecule has 0 amide bonds. The Kier molecular flexibility index (Phi) is 1.95. The number of nitrogen functional groups attached to an aromatic ring is 1. The molecule has 1 aromatic carbocycles. The van der Waals surface area contributed by atoms with Crippen molar-refractivity contribution in [1.29, 1.82) is 0 Å². The number of H-pyrrole nitrogens is 1. The fourth-order valence-corrected chi connectivity index (χ4v) is 1.84. The predicted molar refractivity (Wildman–Crippen MR) is 62.9 cm³/mol. The third-order valence-corrected chi connectivity index (χ3v) is 2.73. The topological polar surface area (TPSA) is 67.8 Å². The number of anilines is 1. The van der Waals surface area contributed by atoms with Gasteiger partial charge in [0.05, 0.1) is 17.6 Å². The standard InChI is InChI=1S/C12H10FN3O/c1-6-5-15-17-12(6)11-3-7-2-9(14)8(13)4-10(7)16-11/h2-5,16H,14H2,1H3. The SMILES string of the molecule is Cc1cnoc1-c1cc2cc(N)c(F)cc2[nH]1. The Hall–Kier alpha value is -2.30. The van der Waals surface area contributed by atoms with Gasteiger partial charge in [-0.15, -0.1) is 0 Å². The van der Waals surface area contributed by atoms with Crippen molar-refractivity contribution >= 4 is 16.6 Å². The molecule has 86 valence electrons. The summed E-state index contributed by atoms with van der Waals surface area (Å²) in [5.74, 6) is 0.223. The van der Waals surface area contributed by atoms with Crippen LogP contribution in [0.1, 0.15) is 5.56 Å². The minimum Gasteiger partial charge on any atom is -0.396 e. The van der Waals surface area contributed by atoms with Gasteiger partial charge in [0, 0.05) is 22.5 Å². The van der Waals surface area contributed by atoms with Gasteiger partial charge in [0.15, 0.2) is 5.76 Å². The zero-order valence-corrected chi connectivity index (χ0v) is 9.12. The van der Waals surface area contributed by atoms with Crippen molar-refractivity contribution < 1.29 is 8.91 Å². The van der Waals surface area contributed by atoms with Gasteiger partial charge in [-0.25, -0.2) is 4.39 Å². The van der Waals surface area contributed by atoms with E-state index in [0.29, 0.717) is 11.3 Å². The third-order valence-electron chi connectivity index (χ3n) is 2.73. The zero-order valence-electron chi connectivity index (χ0n) is 9.12. The molecule has 0 saturated carbocycles. The highest BCUT2D eigenvalue weighted by Gasteiger charge is 2.11. The molecule has 0 radical (unpaired) electrons. The first-order valence-electron chi connectivity index (χ1n) is 5.14. The minimum atomic E-state index is -0.430. The van der Waals surface area contributed by atoms with E-state index in [2.05, 4.69) is 10.1 Å². The van der Waals surface area contributed by atoms with Crippen molar-refractivity contribution in [1.82, 2.24) is 10.1 Å². The molecule has 3 N–H and O–H groups in total. The second kappa shape index (κ2) is 3.35. The molecule has 0 atom stereocenters. The lowest BCUT2D eigenvalue weighted by molar-refractivity contribution is 0.431. The van der Waals surface area contributed by atoms with Crippen molar-refractivity contribution in [3.63, 3.8) is 0 Å². The second-order valence-corrected chi connectivity index (χ2v) is 3.98. The average molecular weight is 231 g/mol. The highest BCUT2D eigenvalue weighted by atomic mass is 19.1. The number of hydrogen-bond acceptors (Lipinski definition) is 3. The number of nitrogens with one attached hydrogen (secondary N) is 1. The molecule has 0 saturated heterocycles. The molecule has 5 heteroatoms. The van der Waals surface area contributed by atoms with Gasteiger partial charge < -0.3 is 15.2 Å². The van der Waals surface area contributed by atoms with E-state index in [4.69, 9.17) is 10.3 Å². The van der Waals surface area contributed by atoms with Gasteiger partial charge in [-0.3, -0.25) is 0 Å². The summed E-state index contributed by atoms with van der Waals surface area (Å²) in [5.41, 5.74) is 8.02. The van der Waals surface area contributed by atoms with Crippen molar-refractivity contribution in [2.75, 3.05) is 5.73 Å². The molecule has 0 spiro atoms. The Labute approximate surface area is 96.2 Å². The molecule has 0 bridgehead atoms. The Balaban J connectivity index is 2.24. The average Bonchev–Trinajstić information content (AvgIpc) is 2.85. The van der Waals surface area contributed by atoms with Crippen LogP contribution in [0.3, 0.4) is 0 Å². The van der Waals surface area contributed by atoms with Crippen LogP contribution in [-0.2, 0) is 0 Å². The number of benzene rings is 1. The molecule has 17 heavy (non-hydrogen) atoms. The fraction of sp³-hybridized carbons (Fsp3) is 0.0833. The summed E-state index contributed by atoms with van der Waals surface area (Å²) < 4.78 is 18.4. The van der Waals surface area contributed by atoms with Crippen LogP contribution in [0.2, 0.25) is 0 Å². The van der Waals surface area contributed by atoms with E-state index in [-0.39, 0.29) is 5.69 Å². The monoisotopic (exact) mass is 231 g/mol. The summed E-state index contributed by atoms with van der Waals surface area (Å²) in [6.07, 6.45) is 1.63. The molecule has 2 heterocycles. The second-order valence-electron chi connectivity index (χ2n) is 3.98. The van der Waals surface area contributed by atoms with Crippen molar-refractivity contribution in [3.05, 3.63) is 35.8 Å². The molecule has 3 aromatic rings. The lowest BCUT2D eigenvalue weighted by Crippen LogP contribution is -1.88. The van der Waals surface area contributed by atoms with E-state index >= 15 is 0 Å². The van der Waals surface area contributed by atoms with Crippen LogP contribution >= 0.6 is 0 Å². The number of fused-ring (bicyclic) bond motifs is 1. The Morgan fingerprint density at radius 2 is 2.18 bits per heavy atom. The molecular weight excluding hydrogens is 221 g/mol. The van der Waals surface area contributed by atoms with Gasteiger partial charge in [0.25, 0.3) is 0 Å². The molecule has 0 aliphatic rings. The van der Waals surface area contributed by atoms with E-state index in [1.807, 2.05) is 13.0 Å². The van der Waals surface area contributed by atoms with Crippen LogP contribution in [0.5, 0.6) is 0 Å². The van der Waals surface area contributed by atoms with Crippen LogP contribution < -0.4 is 5.73 Å². The lowest BCUT2D eigenvalue weighted by atomic mass is 10.2. The number of halogens is 1. The first-order chi connectivity index (χ1) is 8.15. The smallest absolute Gasteiger partial charge is 0.185 e. The fourth-order valence-electron chi connectivity index (χ4n) is 1.84. The number of aromatic nitrogens is 2. The maximum atomic E-state index is 13.3. The maximum Gasteiger partial charge on any atom is 0.185 e. The van der Waals surface area contributed by atoms with Gasteiger partial charge in [-0.1, -0.05) is 5.16 Å². The Morgan fingerprint density at radius 3 is 2.88 bits per heavy atom. The molecule has 2 aromatic heterocycles. The van der Waals surface area contributed by atoms with Crippen LogP contribution in [0.25, 0.3) is 22.4 Å². The van der Waals surface area contributed by atoms with E-state index < -0.39 is 5.82 Å². The molecule has 0 aliphatic heterocycles. The number of hydrogen-bond donors (Lipinski definition) is 2. The molecule has 4 nitrogen and oxygen atoms in total. The van der Waals surface area contributed by atoms with E-state index in [0.717, 1.165) is 16.6 Å². The number of aryl methyl sites for hydroxylation is 1.